The quantitative estimate of drug-likeness (QED) is 0.615. The first-order chi connectivity index (χ1) is 15.3. The van der Waals surface area contributed by atoms with Crippen LogP contribution in [0, 0.1) is 5.92 Å². The van der Waals surface area contributed by atoms with Crippen molar-refractivity contribution < 1.29 is 19.1 Å². The lowest BCUT2D eigenvalue weighted by molar-refractivity contribution is -0.115. The monoisotopic (exact) mass is 479 g/mol. The highest BCUT2D eigenvalue weighted by Crippen LogP contribution is 2.27. The van der Waals surface area contributed by atoms with Gasteiger partial charge in [0.25, 0.3) is 11.8 Å². The Balaban J connectivity index is 1.70. The van der Waals surface area contributed by atoms with Gasteiger partial charge in [-0.1, -0.05) is 41.4 Å². The molecule has 0 unspecified atom stereocenters. The smallest absolute Gasteiger partial charge is 0.256 e. The van der Waals surface area contributed by atoms with Crippen LogP contribution in [-0.4, -0.2) is 54.8 Å². The molecule has 1 saturated heterocycles. The van der Waals surface area contributed by atoms with Crippen LogP contribution in [0.4, 0.5) is 0 Å². The lowest BCUT2D eigenvalue weighted by Gasteiger charge is -2.37. The highest BCUT2D eigenvalue weighted by Gasteiger charge is 2.33. The normalized spacial score (nSPS) is 20.6. The molecule has 1 aliphatic heterocycles. The minimum atomic E-state index is -0.429. The van der Waals surface area contributed by atoms with Crippen molar-refractivity contribution in [2.75, 3.05) is 26.3 Å². The molecule has 1 aromatic carbocycles. The van der Waals surface area contributed by atoms with Crippen LogP contribution < -0.4 is 10.6 Å². The second-order valence-electron chi connectivity index (χ2n) is 8.23. The van der Waals surface area contributed by atoms with Crippen molar-refractivity contribution in [3.63, 3.8) is 0 Å². The van der Waals surface area contributed by atoms with Gasteiger partial charge in [-0.25, -0.2) is 4.98 Å². The van der Waals surface area contributed by atoms with Gasteiger partial charge in [-0.05, 0) is 38.5 Å². The summed E-state index contributed by atoms with van der Waals surface area (Å²) in [6.07, 6.45) is 1.73. The van der Waals surface area contributed by atoms with Crippen molar-refractivity contribution >= 4 is 35.0 Å². The first-order valence-electron chi connectivity index (χ1n) is 10.4. The number of carbonyl (C=O) groups is 2. The average Bonchev–Trinajstić information content (AvgIpc) is 2.75. The Hall–Kier alpha value is -2.19. The van der Waals surface area contributed by atoms with E-state index in [1.807, 2.05) is 32.0 Å². The number of hydrogen-bond donors (Lipinski definition) is 2. The van der Waals surface area contributed by atoms with E-state index in [0.29, 0.717) is 31.7 Å². The van der Waals surface area contributed by atoms with Crippen molar-refractivity contribution in [2.24, 2.45) is 5.92 Å². The van der Waals surface area contributed by atoms with Gasteiger partial charge in [0, 0.05) is 30.8 Å². The standard InChI is InChI=1S/C23H27Cl2N3O4/c1-23(2)12-16(13-27-21(29)15-6-4-3-5-7-15)18(31-10-11-32-23)14-28-22(30)19-17(24)8-9-26-20(19)25/h3-9,16,18H,10-14H2,1-2H3,(H,27,29)(H,28,30)/t16-,18+/m0/s1. The zero-order chi connectivity index (χ0) is 23.1. The number of benzene rings is 1. The van der Waals surface area contributed by atoms with E-state index in [9.17, 15) is 9.59 Å². The van der Waals surface area contributed by atoms with E-state index in [4.69, 9.17) is 32.7 Å². The fourth-order valence-corrected chi connectivity index (χ4v) is 4.24. The molecule has 1 aliphatic rings. The Labute approximate surface area is 197 Å². The third-order valence-corrected chi connectivity index (χ3v) is 5.89. The largest absolute Gasteiger partial charge is 0.374 e. The van der Waals surface area contributed by atoms with Crippen LogP contribution >= 0.6 is 23.2 Å². The van der Waals surface area contributed by atoms with Gasteiger partial charge < -0.3 is 20.1 Å². The topological polar surface area (TPSA) is 89.6 Å². The molecule has 1 fully saturated rings. The Bertz CT molecular complexity index is 920. The zero-order valence-electron chi connectivity index (χ0n) is 18.1. The number of aromatic nitrogens is 1. The molecule has 0 saturated carbocycles. The van der Waals surface area contributed by atoms with Gasteiger partial charge in [-0.3, -0.25) is 9.59 Å². The van der Waals surface area contributed by atoms with Crippen LogP contribution in [0.5, 0.6) is 0 Å². The predicted octanol–water partition coefficient (Wildman–Crippen LogP) is 3.75. The van der Waals surface area contributed by atoms with Crippen molar-refractivity contribution in [1.82, 2.24) is 15.6 Å². The van der Waals surface area contributed by atoms with Crippen LogP contribution in [0.2, 0.25) is 10.2 Å². The number of hydrogen-bond acceptors (Lipinski definition) is 5. The molecule has 7 nitrogen and oxygen atoms in total. The third kappa shape index (κ3) is 6.65. The van der Waals surface area contributed by atoms with Crippen molar-refractivity contribution in [1.29, 1.82) is 0 Å². The van der Waals surface area contributed by atoms with Gasteiger partial charge in [0.2, 0.25) is 0 Å². The summed E-state index contributed by atoms with van der Waals surface area (Å²) in [6.45, 7) is 5.43. The maximum atomic E-state index is 12.7. The molecule has 2 atom stereocenters. The molecule has 172 valence electrons. The Morgan fingerprint density at radius 1 is 1.06 bits per heavy atom. The van der Waals surface area contributed by atoms with E-state index in [-0.39, 0.29) is 40.2 Å². The Morgan fingerprint density at radius 3 is 2.50 bits per heavy atom. The predicted molar refractivity (Wildman–Crippen MR) is 123 cm³/mol. The number of halogens is 2. The first-order valence-corrected chi connectivity index (χ1v) is 11.2. The number of amides is 2. The molecule has 2 amide bonds. The Kier molecular flexibility index (Phi) is 8.48. The van der Waals surface area contributed by atoms with Gasteiger partial charge in [-0.2, -0.15) is 0 Å². The van der Waals surface area contributed by atoms with Gasteiger partial charge >= 0.3 is 0 Å². The number of nitrogens with zero attached hydrogens (tertiary/aromatic N) is 1. The summed E-state index contributed by atoms with van der Waals surface area (Å²) in [6, 6.07) is 10.5. The van der Waals surface area contributed by atoms with E-state index in [0.717, 1.165) is 0 Å². The van der Waals surface area contributed by atoms with E-state index in [2.05, 4.69) is 15.6 Å². The molecular formula is C23H27Cl2N3O4. The van der Waals surface area contributed by atoms with Gasteiger partial charge in [0.15, 0.2) is 0 Å². The summed E-state index contributed by atoms with van der Waals surface area (Å²) in [5.41, 5.74) is 0.309. The zero-order valence-corrected chi connectivity index (χ0v) is 19.6. The highest BCUT2D eigenvalue weighted by molar-refractivity contribution is 6.38. The molecule has 3 rings (SSSR count). The average molecular weight is 480 g/mol. The minimum absolute atomic E-state index is 0.0368. The summed E-state index contributed by atoms with van der Waals surface area (Å²) in [4.78, 5) is 29.2. The molecule has 2 aromatic rings. The van der Waals surface area contributed by atoms with E-state index < -0.39 is 11.5 Å². The summed E-state index contributed by atoms with van der Waals surface area (Å²) in [5.74, 6) is -0.692. The molecule has 32 heavy (non-hydrogen) atoms. The highest BCUT2D eigenvalue weighted by atomic mass is 35.5. The molecule has 0 radical (unpaired) electrons. The van der Waals surface area contributed by atoms with Gasteiger partial charge in [0.1, 0.15) is 5.15 Å². The molecule has 2 heterocycles. The van der Waals surface area contributed by atoms with Crippen LogP contribution in [-0.2, 0) is 9.47 Å². The summed E-state index contributed by atoms with van der Waals surface area (Å²) in [7, 11) is 0. The van der Waals surface area contributed by atoms with Gasteiger partial charge in [-0.15, -0.1) is 0 Å². The number of nitrogens with one attached hydrogen (secondary N) is 2. The molecule has 0 bridgehead atoms. The van der Waals surface area contributed by atoms with Crippen molar-refractivity contribution in [3.8, 4) is 0 Å². The number of pyridine rings is 1. The fourth-order valence-electron chi connectivity index (χ4n) is 3.72. The van der Waals surface area contributed by atoms with E-state index in [1.165, 1.54) is 12.3 Å². The second-order valence-corrected chi connectivity index (χ2v) is 8.99. The fraction of sp³-hybridized carbons (Fsp3) is 0.435. The third-order valence-electron chi connectivity index (χ3n) is 5.29. The Morgan fingerprint density at radius 2 is 1.78 bits per heavy atom. The second kappa shape index (κ2) is 11.1. The van der Waals surface area contributed by atoms with Crippen molar-refractivity contribution in [2.45, 2.75) is 32.0 Å². The lowest BCUT2D eigenvalue weighted by atomic mass is 9.88. The SMILES string of the molecule is CC1(C)C[C@@H](CNC(=O)c2ccccc2)[C@@H](CNC(=O)c2c(Cl)ccnc2Cl)OCCO1. The minimum Gasteiger partial charge on any atom is -0.374 e. The summed E-state index contributed by atoms with van der Waals surface area (Å²) in [5, 5.41) is 6.09. The lowest BCUT2D eigenvalue weighted by Crippen LogP contribution is -2.48. The van der Waals surface area contributed by atoms with E-state index in [1.54, 1.807) is 12.1 Å². The van der Waals surface area contributed by atoms with Crippen LogP contribution in [0.3, 0.4) is 0 Å². The molecule has 0 aliphatic carbocycles. The first kappa shape index (κ1) is 24.5. The van der Waals surface area contributed by atoms with Crippen LogP contribution in [0.25, 0.3) is 0 Å². The van der Waals surface area contributed by atoms with Crippen molar-refractivity contribution in [3.05, 3.63) is 63.9 Å². The molecule has 2 N–H and O–H groups in total. The molecular weight excluding hydrogens is 453 g/mol. The molecule has 1 aromatic heterocycles. The molecule has 9 heteroatoms. The van der Waals surface area contributed by atoms with Crippen LogP contribution in [0.15, 0.2) is 42.6 Å². The number of carbonyl (C=O) groups excluding carboxylic acids is 2. The molecule has 0 spiro atoms. The maximum Gasteiger partial charge on any atom is 0.256 e. The summed E-state index contributed by atoms with van der Waals surface area (Å²) >= 11 is 12.2. The van der Waals surface area contributed by atoms with Gasteiger partial charge in [0.05, 0.1) is 35.5 Å². The number of rotatable bonds is 6. The number of ether oxygens (including phenoxy) is 2. The van der Waals surface area contributed by atoms with E-state index >= 15 is 0 Å². The summed E-state index contributed by atoms with van der Waals surface area (Å²) < 4.78 is 11.9. The maximum absolute atomic E-state index is 12.7. The van der Waals surface area contributed by atoms with Crippen LogP contribution in [0.1, 0.15) is 41.0 Å².